The molecule has 3 rings (SSSR count). The minimum atomic E-state index is -0.301. The molecule has 1 unspecified atom stereocenters. The van der Waals surface area contributed by atoms with Crippen LogP contribution in [-0.4, -0.2) is 28.3 Å². The number of carbonyl (C=O) groups is 1. The number of aromatic nitrogens is 2. The van der Waals surface area contributed by atoms with E-state index in [4.69, 9.17) is 0 Å². The molecule has 0 saturated heterocycles. The Bertz CT molecular complexity index is 607. The molecule has 1 atom stereocenters. The summed E-state index contributed by atoms with van der Waals surface area (Å²) in [6.45, 7) is 0.556. The van der Waals surface area contributed by atoms with Gasteiger partial charge in [-0.25, -0.2) is 0 Å². The van der Waals surface area contributed by atoms with Gasteiger partial charge in [-0.1, -0.05) is 12.1 Å². The van der Waals surface area contributed by atoms with Crippen molar-refractivity contribution < 1.29 is 4.79 Å². The highest BCUT2D eigenvalue weighted by Gasteiger charge is 2.23. The maximum absolute atomic E-state index is 12.2. The normalized spacial score (nSPS) is 17.0. The summed E-state index contributed by atoms with van der Waals surface area (Å²) in [4.78, 5) is 12.2. The van der Waals surface area contributed by atoms with Crippen LogP contribution in [0.1, 0.15) is 0 Å². The van der Waals surface area contributed by atoms with Crippen LogP contribution >= 0.6 is 0 Å². The molecule has 6 heteroatoms. The lowest BCUT2D eigenvalue weighted by molar-refractivity contribution is -0.116. The van der Waals surface area contributed by atoms with Crippen LogP contribution in [0, 0.1) is 0 Å². The highest BCUT2D eigenvalue weighted by atomic mass is 16.2. The van der Waals surface area contributed by atoms with Crippen LogP contribution in [0.5, 0.6) is 0 Å². The minimum Gasteiger partial charge on any atom is -0.381 e. The number of nitrogens with zero attached hydrogens (tertiary/aromatic N) is 2. The van der Waals surface area contributed by atoms with Gasteiger partial charge in [0.1, 0.15) is 11.9 Å². The van der Waals surface area contributed by atoms with Crippen molar-refractivity contribution in [1.82, 2.24) is 9.78 Å². The van der Waals surface area contributed by atoms with Crippen molar-refractivity contribution in [2.75, 3.05) is 22.5 Å². The Morgan fingerprint density at radius 2 is 2.16 bits per heavy atom. The van der Waals surface area contributed by atoms with Crippen molar-refractivity contribution in [2.45, 2.75) is 6.04 Å². The number of aryl methyl sites for hydroxylation is 1. The molecule has 0 bridgehead atoms. The zero-order valence-corrected chi connectivity index (χ0v) is 10.6. The zero-order valence-electron chi connectivity index (χ0n) is 10.6. The molecule has 3 N–H and O–H groups in total. The number of benzene rings is 1. The van der Waals surface area contributed by atoms with Gasteiger partial charge in [0.15, 0.2) is 0 Å². The van der Waals surface area contributed by atoms with Gasteiger partial charge in [0.05, 0.1) is 17.6 Å². The van der Waals surface area contributed by atoms with Crippen LogP contribution in [0.4, 0.5) is 17.2 Å². The molecule has 0 aliphatic carbocycles. The van der Waals surface area contributed by atoms with Crippen molar-refractivity contribution in [1.29, 1.82) is 0 Å². The quantitative estimate of drug-likeness (QED) is 0.757. The van der Waals surface area contributed by atoms with E-state index in [1.54, 1.807) is 24.0 Å². The second-order valence-electron chi connectivity index (χ2n) is 4.45. The molecular weight excluding hydrogens is 242 g/mol. The fraction of sp³-hybridized carbons (Fsp3) is 0.231. The third-order valence-corrected chi connectivity index (χ3v) is 3.14. The van der Waals surface area contributed by atoms with Crippen LogP contribution in [-0.2, 0) is 11.8 Å². The Kier molecular flexibility index (Phi) is 2.83. The van der Waals surface area contributed by atoms with Crippen LogP contribution in [0.15, 0.2) is 36.5 Å². The molecule has 0 radical (unpaired) electrons. The van der Waals surface area contributed by atoms with Gasteiger partial charge in [0, 0.05) is 19.7 Å². The number of nitrogens with one attached hydrogen (secondary N) is 3. The Morgan fingerprint density at radius 3 is 2.89 bits per heavy atom. The van der Waals surface area contributed by atoms with Crippen LogP contribution in [0.25, 0.3) is 0 Å². The first-order valence-corrected chi connectivity index (χ1v) is 6.12. The number of carbonyl (C=O) groups excluding carboxylic acids is 1. The van der Waals surface area contributed by atoms with Crippen LogP contribution < -0.4 is 16.0 Å². The molecule has 0 spiro atoms. The number of para-hydroxylation sites is 2. The van der Waals surface area contributed by atoms with E-state index in [9.17, 15) is 4.79 Å². The molecule has 1 aromatic heterocycles. The largest absolute Gasteiger partial charge is 0.381 e. The molecule has 2 aromatic rings. The fourth-order valence-corrected chi connectivity index (χ4v) is 2.08. The highest BCUT2D eigenvalue weighted by Crippen LogP contribution is 2.25. The predicted octanol–water partition coefficient (Wildman–Crippen LogP) is 1.26. The average Bonchev–Trinajstić information content (AvgIpc) is 2.84. The molecule has 1 amide bonds. The van der Waals surface area contributed by atoms with E-state index in [1.807, 2.05) is 24.3 Å². The summed E-state index contributed by atoms with van der Waals surface area (Å²) in [6.07, 6.45) is 1.65. The lowest BCUT2D eigenvalue weighted by atomic mass is 10.1. The monoisotopic (exact) mass is 257 g/mol. The SMILES string of the molecule is Cn1nccc1NC(=O)C1CNc2ccccc2N1. The van der Waals surface area contributed by atoms with Gasteiger partial charge >= 0.3 is 0 Å². The molecule has 6 nitrogen and oxygen atoms in total. The maximum atomic E-state index is 12.2. The summed E-state index contributed by atoms with van der Waals surface area (Å²) in [5.41, 5.74) is 1.96. The van der Waals surface area contributed by atoms with E-state index in [2.05, 4.69) is 21.0 Å². The number of rotatable bonds is 2. The first-order chi connectivity index (χ1) is 9.24. The van der Waals surface area contributed by atoms with E-state index in [0.717, 1.165) is 11.4 Å². The first kappa shape index (κ1) is 11.6. The van der Waals surface area contributed by atoms with Gasteiger partial charge in [-0.15, -0.1) is 0 Å². The molecule has 19 heavy (non-hydrogen) atoms. The topological polar surface area (TPSA) is 71.0 Å². The summed E-state index contributed by atoms with van der Waals surface area (Å²) >= 11 is 0. The summed E-state index contributed by atoms with van der Waals surface area (Å²) < 4.78 is 1.63. The highest BCUT2D eigenvalue weighted by molar-refractivity contribution is 5.97. The van der Waals surface area contributed by atoms with Gasteiger partial charge in [-0.2, -0.15) is 5.10 Å². The minimum absolute atomic E-state index is 0.0781. The number of fused-ring (bicyclic) bond motifs is 1. The number of anilines is 3. The number of hydrogen-bond donors (Lipinski definition) is 3. The van der Waals surface area contributed by atoms with Crippen molar-refractivity contribution in [2.24, 2.45) is 7.05 Å². The van der Waals surface area contributed by atoms with Gasteiger partial charge < -0.3 is 16.0 Å². The molecular formula is C13H15N5O. The molecule has 0 saturated carbocycles. The predicted molar refractivity (Wildman–Crippen MR) is 74.2 cm³/mol. The summed E-state index contributed by atoms with van der Waals surface area (Å²) in [6, 6.07) is 9.30. The van der Waals surface area contributed by atoms with E-state index < -0.39 is 0 Å². The molecule has 1 aliphatic rings. The van der Waals surface area contributed by atoms with Crippen LogP contribution in [0.3, 0.4) is 0 Å². The molecule has 0 fully saturated rings. The first-order valence-electron chi connectivity index (χ1n) is 6.12. The third kappa shape index (κ3) is 2.24. The summed E-state index contributed by atoms with van der Waals surface area (Å²) in [5.74, 6) is 0.608. The van der Waals surface area contributed by atoms with Gasteiger partial charge in [-0.3, -0.25) is 9.48 Å². The summed E-state index contributed by atoms with van der Waals surface area (Å²) in [7, 11) is 1.79. The third-order valence-electron chi connectivity index (χ3n) is 3.14. The smallest absolute Gasteiger partial charge is 0.249 e. The summed E-state index contributed by atoms with van der Waals surface area (Å²) in [5, 5.41) is 13.3. The zero-order chi connectivity index (χ0) is 13.2. The van der Waals surface area contributed by atoms with Crippen molar-refractivity contribution in [3.05, 3.63) is 36.5 Å². The fourth-order valence-electron chi connectivity index (χ4n) is 2.08. The van der Waals surface area contributed by atoms with Crippen LogP contribution in [0.2, 0.25) is 0 Å². The van der Waals surface area contributed by atoms with E-state index in [-0.39, 0.29) is 11.9 Å². The second-order valence-corrected chi connectivity index (χ2v) is 4.45. The van der Waals surface area contributed by atoms with Crippen molar-refractivity contribution >= 4 is 23.1 Å². The van der Waals surface area contributed by atoms with Gasteiger partial charge in [-0.05, 0) is 12.1 Å². The van der Waals surface area contributed by atoms with E-state index in [1.165, 1.54) is 0 Å². The molecule has 1 aliphatic heterocycles. The average molecular weight is 257 g/mol. The van der Waals surface area contributed by atoms with Gasteiger partial charge in [0.25, 0.3) is 0 Å². The maximum Gasteiger partial charge on any atom is 0.249 e. The Labute approximate surface area is 110 Å². The van der Waals surface area contributed by atoms with E-state index >= 15 is 0 Å². The number of hydrogen-bond acceptors (Lipinski definition) is 4. The van der Waals surface area contributed by atoms with Gasteiger partial charge in [0.2, 0.25) is 5.91 Å². The van der Waals surface area contributed by atoms with E-state index in [0.29, 0.717) is 12.4 Å². The Morgan fingerprint density at radius 1 is 1.37 bits per heavy atom. The van der Waals surface area contributed by atoms with Crippen molar-refractivity contribution in [3.8, 4) is 0 Å². The molecule has 1 aromatic carbocycles. The van der Waals surface area contributed by atoms with Crippen molar-refractivity contribution in [3.63, 3.8) is 0 Å². The lowest BCUT2D eigenvalue weighted by Gasteiger charge is -2.27. The number of amides is 1. The standard InChI is InChI=1S/C13H15N5O/c1-18-12(6-7-15-18)17-13(19)11-8-14-9-4-2-3-5-10(9)16-11/h2-7,11,14,16H,8H2,1H3,(H,17,19). The Balaban J connectivity index is 1.71. The second kappa shape index (κ2) is 4.64. The lowest BCUT2D eigenvalue weighted by Crippen LogP contribution is -2.43. The molecule has 98 valence electrons. The Hall–Kier alpha value is -2.50. The molecule has 2 heterocycles.